The molecule has 2 aromatic rings. The molecule has 1 aromatic heterocycles. The number of aromatic nitrogens is 2. The average molecular weight is 285 g/mol. The fraction of sp³-hybridized carbons (Fsp3) is 0.471. The zero-order valence-corrected chi connectivity index (χ0v) is 12.5. The minimum absolute atomic E-state index is 0.318. The van der Waals surface area contributed by atoms with Gasteiger partial charge in [0.15, 0.2) is 0 Å². The van der Waals surface area contributed by atoms with Crippen LogP contribution in [0.5, 0.6) is 0 Å². The molecule has 0 bridgehead atoms. The topological polar surface area (TPSA) is 39.1 Å². The van der Waals surface area contributed by atoms with E-state index in [1.807, 2.05) is 36.1 Å². The molecule has 1 atom stereocenters. The molecule has 21 heavy (non-hydrogen) atoms. The molecule has 1 unspecified atom stereocenters. The molecule has 1 fully saturated rings. The summed E-state index contributed by atoms with van der Waals surface area (Å²) in [6.07, 6.45) is 5.50. The third-order valence-electron chi connectivity index (χ3n) is 4.25. The number of nitrogens with zero attached hydrogens (tertiary/aromatic N) is 2. The van der Waals surface area contributed by atoms with E-state index in [4.69, 9.17) is 9.84 Å². The lowest BCUT2D eigenvalue weighted by Crippen LogP contribution is -2.24. The van der Waals surface area contributed by atoms with E-state index < -0.39 is 0 Å². The van der Waals surface area contributed by atoms with Crippen molar-refractivity contribution in [2.45, 2.75) is 25.3 Å². The van der Waals surface area contributed by atoms with Gasteiger partial charge in [0.25, 0.3) is 0 Å². The lowest BCUT2D eigenvalue weighted by atomic mass is 9.91. The van der Waals surface area contributed by atoms with E-state index in [0.717, 1.165) is 49.8 Å². The van der Waals surface area contributed by atoms with Crippen LogP contribution in [-0.2, 0) is 4.74 Å². The minimum Gasteiger partial charge on any atom is -0.381 e. The first-order valence-electron chi connectivity index (χ1n) is 7.73. The second kappa shape index (κ2) is 6.87. The van der Waals surface area contributed by atoms with E-state index in [1.54, 1.807) is 0 Å². The second-order valence-corrected chi connectivity index (χ2v) is 5.65. The van der Waals surface area contributed by atoms with Crippen LogP contribution < -0.4 is 5.32 Å². The standard InChI is InChI=1S/C17H23N3O/c1-18-17(13-14-8-11-21-12-9-14)16-7-10-20(19-16)15-5-3-2-4-6-15/h2-7,10,14,17-18H,8-9,11-13H2,1H3. The van der Waals surface area contributed by atoms with Gasteiger partial charge in [-0.3, -0.25) is 0 Å². The number of rotatable bonds is 5. The van der Waals surface area contributed by atoms with Crippen LogP contribution in [0.4, 0.5) is 0 Å². The molecule has 0 radical (unpaired) electrons. The van der Waals surface area contributed by atoms with Crippen molar-refractivity contribution in [2.24, 2.45) is 5.92 Å². The third kappa shape index (κ3) is 3.52. The first-order chi connectivity index (χ1) is 10.4. The van der Waals surface area contributed by atoms with Crippen LogP contribution in [0.3, 0.4) is 0 Å². The van der Waals surface area contributed by atoms with Crippen molar-refractivity contribution in [3.63, 3.8) is 0 Å². The van der Waals surface area contributed by atoms with Gasteiger partial charge >= 0.3 is 0 Å². The Morgan fingerprint density at radius 1 is 1.24 bits per heavy atom. The van der Waals surface area contributed by atoms with Crippen LogP contribution in [-0.4, -0.2) is 30.0 Å². The highest BCUT2D eigenvalue weighted by atomic mass is 16.5. The molecule has 0 spiro atoms. The molecule has 0 amide bonds. The summed E-state index contributed by atoms with van der Waals surface area (Å²) in [7, 11) is 2.02. The largest absolute Gasteiger partial charge is 0.381 e. The van der Waals surface area contributed by atoms with Gasteiger partial charge in [0.2, 0.25) is 0 Å². The lowest BCUT2D eigenvalue weighted by molar-refractivity contribution is 0.0606. The molecule has 112 valence electrons. The molecule has 0 aliphatic carbocycles. The molecule has 1 aliphatic heterocycles. The highest BCUT2D eigenvalue weighted by Crippen LogP contribution is 2.26. The van der Waals surface area contributed by atoms with Crippen molar-refractivity contribution >= 4 is 0 Å². The Bertz CT molecular complexity index is 546. The van der Waals surface area contributed by atoms with Gasteiger partial charge in [0.05, 0.1) is 17.4 Å². The first-order valence-corrected chi connectivity index (χ1v) is 7.73. The SMILES string of the molecule is CNC(CC1CCOCC1)c1ccn(-c2ccccc2)n1. The van der Waals surface area contributed by atoms with E-state index in [1.165, 1.54) is 0 Å². The minimum atomic E-state index is 0.318. The lowest BCUT2D eigenvalue weighted by Gasteiger charge is -2.25. The number of nitrogens with one attached hydrogen (secondary N) is 1. The Morgan fingerprint density at radius 3 is 2.71 bits per heavy atom. The van der Waals surface area contributed by atoms with Gasteiger partial charge in [-0.15, -0.1) is 0 Å². The van der Waals surface area contributed by atoms with E-state index in [2.05, 4.69) is 23.5 Å². The summed E-state index contributed by atoms with van der Waals surface area (Å²) in [5, 5.41) is 8.15. The van der Waals surface area contributed by atoms with E-state index in [9.17, 15) is 0 Å². The average Bonchev–Trinajstić information content (AvgIpc) is 3.04. The van der Waals surface area contributed by atoms with Gasteiger partial charge < -0.3 is 10.1 Å². The van der Waals surface area contributed by atoms with Crippen LogP contribution in [0.15, 0.2) is 42.6 Å². The van der Waals surface area contributed by atoms with E-state index in [0.29, 0.717) is 6.04 Å². The maximum Gasteiger partial charge on any atom is 0.0798 e. The van der Waals surface area contributed by atoms with Crippen LogP contribution in [0, 0.1) is 5.92 Å². The van der Waals surface area contributed by atoms with Gasteiger partial charge in [-0.1, -0.05) is 18.2 Å². The summed E-state index contributed by atoms with van der Waals surface area (Å²) in [5.41, 5.74) is 2.22. The number of benzene rings is 1. The van der Waals surface area contributed by atoms with Crippen molar-refractivity contribution in [3.8, 4) is 5.69 Å². The predicted octanol–water partition coefficient (Wildman–Crippen LogP) is 2.95. The molecule has 0 saturated carbocycles. The Labute approximate surface area is 126 Å². The quantitative estimate of drug-likeness (QED) is 0.918. The monoisotopic (exact) mass is 285 g/mol. The summed E-state index contributed by atoms with van der Waals surface area (Å²) >= 11 is 0. The number of ether oxygens (including phenoxy) is 1. The molecule has 3 rings (SSSR count). The number of hydrogen-bond donors (Lipinski definition) is 1. The Kier molecular flexibility index (Phi) is 4.68. The van der Waals surface area contributed by atoms with Crippen molar-refractivity contribution < 1.29 is 4.74 Å². The van der Waals surface area contributed by atoms with Gasteiger partial charge in [-0.25, -0.2) is 4.68 Å². The molecular formula is C17H23N3O. The fourth-order valence-corrected chi connectivity index (χ4v) is 2.95. The number of para-hydroxylation sites is 1. The van der Waals surface area contributed by atoms with Crippen LogP contribution in [0.2, 0.25) is 0 Å². The van der Waals surface area contributed by atoms with E-state index in [-0.39, 0.29) is 0 Å². The normalized spacial score (nSPS) is 17.8. The van der Waals surface area contributed by atoms with Crippen molar-refractivity contribution in [3.05, 3.63) is 48.3 Å². The fourth-order valence-electron chi connectivity index (χ4n) is 2.95. The maximum atomic E-state index is 5.44. The Hall–Kier alpha value is -1.65. The summed E-state index contributed by atoms with van der Waals surface area (Å²) in [6.45, 7) is 1.80. The van der Waals surface area contributed by atoms with Crippen molar-refractivity contribution in [1.29, 1.82) is 0 Å². The molecule has 1 N–H and O–H groups in total. The van der Waals surface area contributed by atoms with Crippen molar-refractivity contribution in [2.75, 3.05) is 20.3 Å². The van der Waals surface area contributed by atoms with Gasteiger partial charge in [-0.05, 0) is 50.4 Å². The maximum absolute atomic E-state index is 5.44. The Morgan fingerprint density at radius 2 is 2.00 bits per heavy atom. The predicted molar refractivity (Wildman–Crippen MR) is 83.5 cm³/mol. The highest BCUT2D eigenvalue weighted by Gasteiger charge is 2.21. The van der Waals surface area contributed by atoms with Crippen LogP contribution in [0.1, 0.15) is 31.0 Å². The number of hydrogen-bond acceptors (Lipinski definition) is 3. The third-order valence-corrected chi connectivity index (χ3v) is 4.25. The van der Waals surface area contributed by atoms with Gasteiger partial charge in [0.1, 0.15) is 0 Å². The highest BCUT2D eigenvalue weighted by molar-refractivity contribution is 5.30. The Balaban J connectivity index is 1.71. The van der Waals surface area contributed by atoms with Gasteiger partial charge in [0, 0.05) is 19.4 Å². The molecule has 1 aliphatic rings. The zero-order valence-electron chi connectivity index (χ0n) is 12.5. The summed E-state index contributed by atoms with van der Waals surface area (Å²) in [4.78, 5) is 0. The molecule has 1 saturated heterocycles. The molecule has 4 heteroatoms. The second-order valence-electron chi connectivity index (χ2n) is 5.65. The summed E-state index contributed by atoms with van der Waals surface area (Å²) in [6, 6.07) is 12.7. The van der Waals surface area contributed by atoms with Crippen LogP contribution in [0.25, 0.3) is 5.69 Å². The molecular weight excluding hydrogens is 262 g/mol. The summed E-state index contributed by atoms with van der Waals surface area (Å²) < 4.78 is 7.39. The van der Waals surface area contributed by atoms with Gasteiger partial charge in [-0.2, -0.15) is 5.10 Å². The summed E-state index contributed by atoms with van der Waals surface area (Å²) in [5.74, 6) is 0.734. The van der Waals surface area contributed by atoms with Crippen molar-refractivity contribution in [1.82, 2.24) is 15.1 Å². The van der Waals surface area contributed by atoms with E-state index >= 15 is 0 Å². The smallest absolute Gasteiger partial charge is 0.0798 e. The molecule has 2 heterocycles. The molecule has 1 aromatic carbocycles. The van der Waals surface area contributed by atoms with Crippen LogP contribution >= 0.6 is 0 Å². The zero-order chi connectivity index (χ0) is 14.5. The first kappa shape index (κ1) is 14.3. The molecule has 4 nitrogen and oxygen atoms in total.